The molecule has 0 spiro atoms. The number of hydrogen-bond donors (Lipinski definition) is 1. The normalized spacial score (nSPS) is 27.4. The van der Waals surface area contributed by atoms with Gasteiger partial charge in [0.1, 0.15) is 0 Å². The minimum atomic E-state index is -0.775. The van der Waals surface area contributed by atoms with E-state index in [4.69, 9.17) is 5.11 Å². The zero-order valence-corrected chi connectivity index (χ0v) is 13.3. The van der Waals surface area contributed by atoms with E-state index in [0.717, 1.165) is 26.7 Å². The molecule has 0 saturated heterocycles. The maximum absolute atomic E-state index is 10.8. The van der Waals surface area contributed by atoms with Gasteiger partial charge in [0, 0.05) is 10.1 Å². The fourth-order valence-corrected chi connectivity index (χ4v) is 5.87. The van der Waals surface area contributed by atoms with E-state index in [9.17, 15) is 4.79 Å². The first-order chi connectivity index (χ1) is 8.94. The Labute approximate surface area is 122 Å². The fraction of sp³-hybridized carbons (Fsp3) is 0.714. The summed E-state index contributed by atoms with van der Waals surface area (Å²) in [7, 11) is 0. The number of carboxylic acid groups (broad SMARTS) is 1. The predicted octanol–water partition coefficient (Wildman–Crippen LogP) is 4.00. The third-order valence-corrected chi connectivity index (χ3v) is 6.09. The van der Waals surface area contributed by atoms with Crippen molar-refractivity contribution >= 4 is 29.1 Å². The van der Waals surface area contributed by atoms with E-state index < -0.39 is 5.97 Å². The number of carboxylic acids is 1. The van der Waals surface area contributed by atoms with Crippen LogP contribution in [0.1, 0.15) is 43.7 Å². The van der Waals surface area contributed by atoms with Crippen molar-refractivity contribution in [3.05, 3.63) is 10.6 Å². The van der Waals surface area contributed by atoms with Gasteiger partial charge in [-0.2, -0.15) is 0 Å². The Morgan fingerprint density at radius 3 is 2.58 bits per heavy atom. The van der Waals surface area contributed by atoms with Crippen LogP contribution in [-0.4, -0.2) is 21.3 Å². The molecule has 1 N–H and O–H groups in total. The third-order valence-electron chi connectivity index (χ3n) is 3.59. The van der Waals surface area contributed by atoms with E-state index >= 15 is 0 Å². The average molecular weight is 299 g/mol. The predicted molar refractivity (Wildman–Crippen MR) is 80.0 cm³/mol. The van der Waals surface area contributed by atoms with Gasteiger partial charge in [-0.1, -0.05) is 25.6 Å². The molecule has 2 rings (SSSR count). The number of aryl methyl sites for hydroxylation is 1. The number of nitrogens with zero attached hydrogens (tertiary/aromatic N) is 1. The van der Waals surface area contributed by atoms with Crippen molar-refractivity contribution in [2.24, 2.45) is 11.8 Å². The Balaban J connectivity index is 2.01. The number of aliphatic carboxylic acids is 1. The van der Waals surface area contributed by atoms with Crippen molar-refractivity contribution < 1.29 is 9.90 Å². The topological polar surface area (TPSA) is 50.2 Å². The molecule has 0 amide bonds. The van der Waals surface area contributed by atoms with Crippen LogP contribution in [0.3, 0.4) is 0 Å². The molecule has 3 nitrogen and oxygen atoms in total. The maximum Gasteiger partial charge on any atom is 0.308 e. The molecule has 106 valence electrons. The first kappa shape index (κ1) is 14.9. The number of thiazole rings is 1. The zero-order valence-electron chi connectivity index (χ0n) is 11.7. The Kier molecular flexibility index (Phi) is 4.90. The van der Waals surface area contributed by atoms with E-state index in [-0.39, 0.29) is 6.42 Å². The molecule has 0 radical (unpaired) electrons. The summed E-state index contributed by atoms with van der Waals surface area (Å²) in [6.45, 7) is 6.56. The third kappa shape index (κ3) is 4.21. The lowest BCUT2D eigenvalue weighted by molar-refractivity contribution is -0.136. The summed E-state index contributed by atoms with van der Waals surface area (Å²) in [5.74, 6) is 0.810. The molecule has 1 saturated carbocycles. The molecule has 1 fully saturated rings. The van der Waals surface area contributed by atoms with Crippen molar-refractivity contribution in [1.29, 1.82) is 0 Å². The molecule has 1 heterocycles. The standard InChI is InChI=1S/C14H21NO2S2/c1-8-4-9(2)6-11(5-8)18-14-15-10(3)12(19-14)7-13(16)17/h8-9,11H,4-7H2,1-3H3,(H,16,17). The van der Waals surface area contributed by atoms with E-state index in [1.165, 1.54) is 19.3 Å². The highest BCUT2D eigenvalue weighted by atomic mass is 32.2. The maximum atomic E-state index is 10.8. The quantitative estimate of drug-likeness (QED) is 0.913. The summed E-state index contributed by atoms with van der Waals surface area (Å²) < 4.78 is 1.04. The second-order valence-electron chi connectivity index (χ2n) is 5.72. The van der Waals surface area contributed by atoms with Crippen LogP contribution >= 0.6 is 23.1 Å². The summed E-state index contributed by atoms with van der Waals surface area (Å²) in [5, 5.41) is 9.50. The molecule has 19 heavy (non-hydrogen) atoms. The highest BCUT2D eigenvalue weighted by Gasteiger charge is 2.25. The molecule has 5 heteroatoms. The van der Waals surface area contributed by atoms with Gasteiger partial charge in [-0.15, -0.1) is 11.3 Å². The second kappa shape index (κ2) is 6.27. The van der Waals surface area contributed by atoms with Gasteiger partial charge in [-0.3, -0.25) is 4.79 Å². The van der Waals surface area contributed by atoms with Crippen LogP contribution in [0.4, 0.5) is 0 Å². The molecule has 1 aliphatic carbocycles. The minimum Gasteiger partial charge on any atom is -0.481 e. The number of aromatic nitrogens is 1. The second-order valence-corrected chi connectivity index (χ2v) is 8.35. The Morgan fingerprint density at radius 1 is 1.37 bits per heavy atom. The van der Waals surface area contributed by atoms with Crippen molar-refractivity contribution in [2.75, 3.05) is 0 Å². The van der Waals surface area contributed by atoms with E-state index in [1.807, 2.05) is 18.7 Å². The van der Waals surface area contributed by atoms with Crippen molar-refractivity contribution in [3.63, 3.8) is 0 Å². The van der Waals surface area contributed by atoms with Gasteiger partial charge in [0.25, 0.3) is 0 Å². The van der Waals surface area contributed by atoms with E-state index in [2.05, 4.69) is 18.8 Å². The van der Waals surface area contributed by atoms with Gasteiger partial charge in [0.05, 0.1) is 12.1 Å². The first-order valence-corrected chi connectivity index (χ1v) is 8.48. The van der Waals surface area contributed by atoms with Gasteiger partial charge in [-0.05, 0) is 38.0 Å². The molecular weight excluding hydrogens is 278 g/mol. The molecule has 1 aromatic rings. The van der Waals surface area contributed by atoms with Crippen LogP contribution in [-0.2, 0) is 11.2 Å². The van der Waals surface area contributed by atoms with Gasteiger partial charge in [0.2, 0.25) is 0 Å². The van der Waals surface area contributed by atoms with E-state index in [1.54, 1.807) is 11.3 Å². The van der Waals surface area contributed by atoms with Gasteiger partial charge >= 0.3 is 5.97 Å². The van der Waals surface area contributed by atoms with Gasteiger partial charge in [0.15, 0.2) is 4.34 Å². The van der Waals surface area contributed by atoms with Crippen LogP contribution in [0.25, 0.3) is 0 Å². The van der Waals surface area contributed by atoms with Crippen LogP contribution < -0.4 is 0 Å². The lowest BCUT2D eigenvalue weighted by atomic mass is 9.83. The van der Waals surface area contributed by atoms with Crippen molar-refractivity contribution in [3.8, 4) is 0 Å². The molecule has 0 aliphatic heterocycles. The molecule has 0 bridgehead atoms. The number of carbonyl (C=O) groups is 1. The number of hydrogen-bond acceptors (Lipinski definition) is 4. The largest absolute Gasteiger partial charge is 0.481 e. The Morgan fingerprint density at radius 2 is 2.00 bits per heavy atom. The lowest BCUT2D eigenvalue weighted by Crippen LogP contribution is -2.21. The van der Waals surface area contributed by atoms with Crippen LogP contribution in [0.5, 0.6) is 0 Å². The lowest BCUT2D eigenvalue weighted by Gasteiger charge is -2.30. The highest BCUT2D eigenvalue weighted by Crippen LogP contribution is 2.40. The monoisotopic (exact) mass is 299 g/mol. The molecule has 2 unspecified atom stereocenters. The van der Waals surface area contributed by atoms with Crippen molar-refractivity contribution in [1.82, 2.24) is 4.98 Å². The smallest absolute Gasteiger partial charge is 0.308 e. The molecule has 1 aliphatic rings. The Bertz CT molecular complexity index is 448. The summed E-state index contributed by atoms with van der Waals surface area (Å²) in [5.41, 5.74) is 0.881. The van der Waals surface area contributed by atoms with E-state index in [0.29, 0.717) is 5.25 Å². The zero-order chi connectivity index (χ0) is 14.0. The molecule has 0 aromatic carbocycles. The molecular formula is C14H21NO2S2. The summed E-state index contributed by atoms with van der Waals surface area (Å²) >= 11 is 3.40. The fourth-order valence-electron chi connectivity index (χ4n) is 2.87. The van der Waals surface area contributed by atoms with Crippen LogP contribution in [0, 0.1) is 18.8 Å². The Hall–Kier alpha value is -0.550. The average Bonchev–Trinajstić information content (AvgIpc) is 2.56. The SMILES string of the molecule is Cc1nc(SC2CC(C)CC(C)C2)sc1CC(=O)O. The summed E-state index contributed by atoms with van der Waals surface area (Å²) in [6, 6.07) is 0. The first-order valence-electron chi connectivity index (χ1n) is 6.78. The summed E-state index contributed by atoms with van der Waals surface area (Å²) in [6.07, 6.45) is 3.93. The van der Waals surface area contributed by atoms with Gasteiger partial charge in [-0.25, -0.2) is 4.98 Å². The van der Waals surface area contributed by atoms with Crippen molar-refractivity contribution in [2.45, 2.75) is 56.0 Å². The molecule has 1 aromatic heterocycles. The summed E-state index contributed by atoms with van der Waals surface area (Å²) in [4.78, 5) is 16.2. The highest BCUT2D eigenvalue weighted by molar-refractivity contribution is 8.01. The van der Waals surface area contributed by atoms with Crippen LogP contribution in [0.2, 0.25) is 0 Å². The van der Waals surface area contributed by atoms with Crippen LogP contribution in [0.15, 0.2) is 4.34 Å². The number of rotatable bonds is 4. The molecule has 2 atom stereocenters. The minimum absolute atomic E-state index is 0.0987. The van der Waals surface area contributed by atoms with Gasteiger partial charge < -0.3 is 5.11 Å². The number of thioether (sulfide) groups is 1.